The second kappa shape index (κ2) is 5.07. The van der Waals surface area contributed by atoms with Crippen molar-refractivity contribution in [2.75, 3.05) is 11.5 Å². The zero-order chi connectivity index (χ0) is 16.1. The fourth-order valence-electron chi connectivity index (χ4n) is 3.80. The standard InChI is InChI=1S/C15H19F3O2S/c1-4-7-21-8-14-6-5-9(13(14,2)3)10(11(14)19)12(20)15(16,17)18/h4,9,20H,1,5-8H2,2-3H3/b12-10-/t9-,14-/m1/s1. The summed E-state index contributed by atoms with van der Waals surface area (Å²) in [6.07, 6.45) is -2.05. The van der Waals surface area contributed by atoms with Crippen LogP contribution in [0.2, 0.25) is 0 Å². The van der Waals surface area contributed by atoms with E-state index >= 15 is 0 Å². The smallest absolute Gasteiger partial charge is 0.449 e. The normalized spacial score (nSPS) is 33.4. The second-order valence-corrected chi connectivity index (χ2v) is 7.32. The van der Waals surface area contributed by atoms with E-state index in [2.05, 4.69) is 6.58 Å². The van der Waals surface area contributed by atoms with E-state index in [0.29, 0.717) is 24.3 Å². The molecule has 6 heteroatoms. The number of hydrogen-bond donors (Lipinski definition) is 1. The van der Waals surface area contributed by atoms with Crippen LogP contribution in [-0.4, -0.2) is 28.6 Å². The quantitative estimate of drug-likeness (QED) is 0.363. The van der Waals surface area contributed by atoms with E-state index < -0.39 is 40.0 Å². The Morgan fingerprint density at radius 2 is 2.14 bits per heavy atom. The molecule has 2 saturated carbocycles. The highest BCUT2D eigenvalue weighted by Gasteiger charge is 2.68. The highest BCUT2D eigenvalue weighted by atomic mass is 32.2. The number of aliphatic hydroxyl groups is 1. The molecule has 2 nitrogen and oxygen atoms in total. The van der Waals surface area contributed by atoms with Crippen molar-refractivity contribution in [2.24, 2.45) is 16.7 Å². The van der Waals surface area contributed by atoms with Gasteiger partial charge in [-0.25, -0.2) is 0 Å². The van der Waals surface area contributed by atoms with Crippen molar-refractivity contribution >= 4 is 17.5 Å². The maximum Gasteiger partial charge on any atom is 0.449 e. The van der Waals surface area contributed by atoms with Crippen LogP contribution in [0, 0.1) is 16.7 Å². The summed E-state index contributed by atoms with van der Waals surface area (Å²) >= 11 is 1.50. The first-order valence-corrected chi connectivity index (χ1v) is 7.99. The Bertz CT molecular complexity index is 508. The van der Waals surface area contributed by atoms with E-state index in [4.69, 9.17) is 0 Å². The number of allylic oxidation sites excluding steroid dienone is 2. The summed E-state index contributed by atoms with van der Waals surface area (Å²) in [6, 6.07) is 0. The molecular weight excluding hydrogens is 301 g/mol. The molecule has 0 heterocycles. The molecule has 2 rings (SSSR count). The average Bonchev–Trinajstić information content (AvgIpc) is 2.70. The van der Waals surface area contributed by atoms with Gasteiger partial charge in [-0.3, -0.25) is 4.79 Å². The molecule has 0 aromatic rings. The molecule has 2 fully saturated rings. The van der Waals surface area contributed by atoms with Crippen LogP contribution in [0.25, 0.3) is 0 Å². The van der Waals surface area contributed by atoms with E-state index in [1.165, 1.54) is 11.8 Å². The lowest BCUT2D eigenvalue weighted by Gasteiger charge is -2.35. The molecule has 2 atom stereocenters. The van der Waals surface area contributed by atoms with E-state index in [9.17, 15) is 23.1 Å². The van der Waals surface area contributed by atoms with Crippen molar-refractivity contribution in [1.82, 2.24) is 0 Å². The number of hydrogen-bond acceptors (Lipinski definition) is 3. The number of ketones is 1. The lowest BCUT2D eigenvalue weighted by Crippen LogP contribution is -2.38. The van der Waals surface area contributed by atoms with Crippen LogP contribution in [0.4, 0.5) is 13.2 Å². The SMILES string of the molecule is C=CCSC[C@]12CC[C@H](/C(=C(/O)C(F)(F)F)C1=O)C2(C)C. The molecule has 0 amide bonds. The van der Waals surface area contributed by atoms with Gasteiger partial charge in [-0.1, -0.05) is 19.9 Å². The Morgan fingerprint density at radius 3 is 2.67 bits per heavy atom. The lowest BCUT2D eigenvalue weighted by molar-refractivity contribution is -0.131. The number of fused-ring (bicyclic) bond motifs is 2. The van der Waals surface area contributed by atoms with Gasteiger partial charge in [0.15, 0.2) is 5.78 Å². The van der Waals surface area contributed by atoms with Crippen LogP contribution in [0.3, 0.4) is 0 Å². The van der Waals surface area contributed by atoms with Crippen LogP contribution in [0.15, 0.2) is 24.0 Å². The molecule has 2 aliphatic carbocycles. The Labute approximate surface area is 126 Å². The van der Waals surface area contributed by atoms with Gasteiger partial charge in [0.1, 0.15) is 0 Å². The first-order valence-electron chi connectivity index (χ1n) is 6.83. The van der Waals surface area contributed by atoms with Crippen molar-refractivity contribution in [2.45, 2.75) is 32.9 Å². The second-order valence-electron chi connectivity index (χ2n) is 6.29. The van der Waals surface area contributed by atoms with Crippen molar-refractivity contribution in [3.05, 3.63) is 24.0 Å². The van der Waals surface area contributed by atoms with Crippen LogP contribution in [-0.2, 0) is 4.79 Å². The summed E-state index contributed by atoms with van der Waals surface area (Å²) in [5.74, 6) is -1.61. The maximum absolute atomic E-state index is 12.8. The highest BCUT2D eigenvalue weighted by Crippen LogP contribution is 2.67. The number of carbonyl (C=O) groups excluding carboxylic acids is 1. The van der Waals surface area contributed by atoms with Gasteiger partial charge in [0, 0.05) is 22.5 Å². The van der Waals surface area contributed by atoms with Crippen LogP contribution >= 0.6 is 11.8 Å². The predicted octanol–water partition coefficient (Wildman–Crippen LogP) is 4.29. The summed E-state index contributed by atoms with van der Waals surface area (Å²) < 4.78 is 38.4. The molecule has 0 unspecified atom stereocenters. The van der Waals surface area contributed by atoms with Gasteiger partial charge in [-0.2, -0.15) is 24.9 Å². The molecule has 0 aromatic carbocycles. The third-order valence-corrected chi connectivity index (χ3v) is 6.27. The molecule has 1 N–H and O–H groups in total. The molecule has 0 radical (unpaired) electrons. The molecular formula is C15H19F3O2S. The first-order chi connectivity index (χ1) is 9.59. The highest BCUT2D eigenvalue weighted by molar-refractivity contribution is 7.99. The summed E-state index contributed by atoms with van der Waals surface area (Å²) in [4.78, 5) is 12.6. The third-order valence-electron chi connectivity index (χ3n) is 5.10. The largest absolute Gasteiger partial charge is 0.504 e. The molecule has 2 aliphatic rings. The Balaban J connectivity index is 2.45. The van der Waals surface area contributed by atoms with Gasteiger partial charge in [0.05, 0.1) is 0 Å². The van der Waals surface area contributed by atoms with Crippen molar-refractivity contribution < 1.29 is 23.1 Å². The van der Waals surface area contributed by atoms with Crippen LogP contribution in [0.5, 0.6) is 0 Å². The summed E-state index contributed by atoms with van der Waals surface area (Å²) in [5, 5.41) is 9.51. The third kappa shape index (κ3) is 2.22. The number of thioether (sulfide) groups is 1. The first kappa shape index (κ1) is 16.5. The average molecular weight is 320 g/mol. The van der Waals surface area contributed by atoms with Crippen molar-refractivity contribution in [3.8, 4) is 0 Å². The molecule has 0 spiro atoms. The van der Waals surface area contributed by atoms with Gasteiger partial charge >= 0.3 is 6.18 Å². The van der Waals surface area contributed by atoms with Gasteiger partial charge < -0.3 is 5.11 Å². The minimum Gasteiger partial charge on any atom is -0.504 e. The van der Waals surface area contributed by atoms with Gasteiger partial charge in [-0.05, 0) is 24.2 Å². The van der Waals surface area contributed by atoms with E-state index in [1.54, 1.807) is 6.08 Å². The lowest BCUT2D eigenvalue weighted by atomic mass is 9.70. The zero-order valence-electron chi connectivity index (χ0n) is 12.1. The van der Waals surface area contributed by atoms with Gasteiger partial charge in [0.2, 0.25) is 5.76 Å². The topological polar surface area (TPSA) is 37.3 Å². The molecule has 0 aromatic heterocycles. The summed E-state index contributed by atoms with van der Waals surface area (Å²) in [6.45, 7) is 7.29. The van der Waals surface area contributed by atoms with Gasteiger partial charge in [0.25, 0.3) is 0 Å². The van der Waals surface area contributed by atoms with E-state index in [-0.39, 0.29) is 0 Å². The zero-order valence-corrected chi connectivity index (χ0v) is 12.9. The number of aliphatic hydroxyl groups excluding tert-OH is 1. The van der Waals surface area contributed by atoms with Crippen molar-refractivity contribution in [1.29, 1.82) is 0 Å². The number of Topliss-reactive ketones (excluding diaryl/α,β-unsaturated/α-hetero) is 1. The Hall–Kier alpha value is -0.910. The van der Waals surface area contributed by atoms with Crippen LogP contribution in [0.1, 0.15) is 26.7 Å². The fraction of sp³-hybridized carbons (Fsp3) is 0.667. The van der Waals surface area contributed by atoms with Gasteiger partial charge in [-0.15, -0.1) is 6.58 Å². The number of halogens is 3. The molecule has 118 valence electrons. The fourth-order valence-corrected chi connectivity index (χ4v) is 5.08. The predicted molar refractivity (Wildman–Crippen MR) is 77.2 cm³/mol. The summed E-state index contributed by atoms with van der Waals surface area (Å²) in [7, 11) is 0. The Kier molecular flexibility index (Phi) is 3.98. The van der Waals surface area contributed by atoms with E-state index in [0.717, 1.165) is 0 Å². The van der Waals surface area contributed by atoms with Crippen LogP contribution < -0.4 is 0 Å². The minimum absolute atomic E-state index is 0.405. The Morgan fingerprint density at radius 1 is 1.52 bits per heavy atom. The minimum atomic E-state index is -4.86. The number of alkyl halides is 3. The molecule has 0 saturated heterocycles. The monoisotopic (exact) mass is 320 g/mol. The van der Waals surface area contributed by atoms with Crippen molar-refractivity contribution in [3.63, 3.8) is 0 Å². The molecule has 2 bridgehead atoms. The maximum atomic E-state index is 12.8. The number of rotatable bonds is 4. The van der Waals surface area contributed by atoms with E-state index in [1.807, 2.05) is 13.8 Å². The summed E-state index contributed by atoms with van der Waals surface area (Å²) in [5.41, 5.74) is -1.77. The number of carbonyl (C=O) groups is 1. The molecule has 0 aliphatic heterocycles. The molecule has 21 heavy (non-hydrogen) atoms.